The number of ether oxygens (including phenoxy) is 2. The van der Waals surface area contributed by atoms with Crippen molar-refractivity contribution in [3.63, 3.8) is 0 Å². The Bertz CT molecular complexity index is 1150. The number of rotatable bonds is 4. The lowest BCUT2D eigenvalue weighted by Crippen LogP contribution is -2.49. The van der Waals surface area contributed by atoms with Crippen molar-refractivity contribution in [2.75, 3.05) is 37.9 Å². The van der Waals surface area contributed by atoms with Crippen LogP contribution in [0.1, 0.15) is 6.42 Å². The smallest absolute Gasteiger partial charge is 0.261 e. The molecule has 30 heavy (non-hydrogen) atoms. The Labute approximate surface area is 173 Å². The van der Waals surface area contributed by atoms with Crippen molar-refractivity contribution in [1.82, 2.24) is 14.5 Å². The number of carbonyl (C=O) groups is 1. The predicted octanol–water partition coefficient (Wildman–Crippen LogP) is 1.86. The monoisotopic (exact) mass is 406 g/mol. The van der Waals surface area contributed by atoms with E-state index in [1.807, 2.05) is 41.3 Å². The largest absolute Gasteiger partial charge is 0.454 e. The van der Waals surface area contributed by atoms with Gasteiger partial charge in [-0.25, -0.2) is 4.98 Å². The minimum Gasteiger partial charge on any atom is -0.454 e. The molecule has 0 radical (unpaired) electrons. The van der Waals surface area contributed by atoms with Crippen LogP contribution in [0.5, 0.6) is 11.5 Å². The molecule has 3 heterocycles. The lowest BCUT2D eigenvalue weighted by atomic mass is 10.2. The van der Waals surface area contributed by atoms with Crippen molar-refractivity contribution in [3.05, 3.63) is 59.1 Å². The van der Waals surface area contributed by atoms with E-state index in [0.717, 1.165) is 30.3 Å². The van der Waals surface area contributed by atoms with Crippen LogP contribution in [0.2, 0.25) is 0 Å². The first-order valence-electron chi connectivity index (χ1n) is 10.1. The van der Waals surface area contributed by atoms with E-state index in [9.17, 15) is 9.59 Å². The summed E-state index contributed by atoms with van der Waals surface area (Å²) in [4.78, 5) is 33.7. The van der Waals surface area contributed by atoms with Crippen molar-refractivity contribution in [2.24, 2.45) is 0 Å². The molecule has 0 atom stereocenters. The van der Waals surface area contributed by atoms with Gasteiger partial charge in [0.1, 0.15) is 0 Å². The molecule has 0 N–H and O–H groups in total. The fourth-order valence-corrected chi connectivity index (χ4v) is 3.94. The number of fused-ring (bicyclic) bond motifs is 2. The highest BCUT2D eigenvalue weighted by atomic mass is 16.7. The summed E-state index contributed by atoms with van der Waals surface area (Å²) in [6.45, 7) is 3.40. The van der Waals surface area contributed by atoms with Crippen molar-refractivity contribution in [3.8, 4) is 11.5 Å². The van der Waals surface area contributed by atoms with Crippen molar-refractivity contribution < 1.29 is 14.3 Å². The van der Waals surface area contributed by atoms with Gasteiger partial charge in [0.25, 0.3) is 5.56 Å². The molecule has 3 aromatic rings. The number of piperazine rings is 1. The molecule has 5 rings (SSSR count). The molecule has 154 valence electrons. The standard InChI is InChI=1S/C22H22N4O4/c27-21(7-8-26-14-23-18-4-2-1-3-17(18)22(26)28)25-11-9-24(10-12-25)16-5-6-19-20(13-16)30-15-29-19/h1-6,13-14H,7-12,15H2. The summed E-state index contributed by atoms with van der Waals surface area (Å²) in [6, 6.07) is 13.2. The van der Waals surface area contributed by atoms with Gasteiger partial charge in [-0.1, -0.05) is 12.1 Å². The maximum Gasteiger partial charge on any atom is 0.261 e. The molecule has 1 aromatic heterocycles. The molecular weight excluding hydrogens is 384 g/mol. The Morgan fingerprint density at radius 2 is 1.80 bits per heavy atom. The Morgan fingerprint density at radius 3 is 2.67 bits per heavy atom. The number of aromatic nitrogens is 2. The molecule has 0 saturated carbocycles. The van der Waals surface area contributed by atoms with Crippen LogP contribution in [-0.2, 0) is 11.3 Å². The maximum atomic E-state index is 12.7. The van der Waals surface area contributed by atoms with E-state index in [0.29, 0.717) is 30.5 Å². The summed E-state index contributed by atoms with van der Waals surface area (Å²) < 4.78 is 12.3. The minimum atomic E-state index is -0.110. The SMILES string of the molecule is O=C(CCn1cnc2ccccc2c1=O)N1CCN(c2ccc3c(c2)OCO3)CC1. The molecule has 8 nitrogen and oxygen atoms in total. The third kappa shape index (κ3) is 3.45. The Kier molecular flexibility index (Phi) is 4.74. The molecule has 2 aliphatic rings. The number of para-hydroxylation sites is 1. The number of hydrogen-bond acceptors (Lipinski definition) is 6. The Morgan fingerprint density at radius 1 is 1.00 bits per heavy atom. The number of anilines is 1. The second-order valence-corrected chi connectivity index (χ2v) is 7.42. The zero-order chi connectivity index (χ0) is 20.5. The lowest BCUT2D eigenvalue weighted by Gasteiger charge is -2.36. The van der Waals surface area contributed by atoms with Crippen LogP contribution in [0.15, 0.2) is 53.6 Å². The van der Waals surface area contributed by atoms with Crippen LogP contribution in [0, 0.1) is 0 Å². The topological polar surface area (TPSA) is 76.9 Å². The van der Waals surface area contributed by atoms with Gasteiger partial charge in [0.05, 0.1) is 17.2 Å². The molecule has 0 aliphatic carbocycles. The Hall–Kier alpha value is -3.55. The quantitative estimate of drug-likeness (QED) is 0.658. The number of amides is 1. The van der Waals surface area contributed by atoms with Crippen LogP contribution in [-0.4, -0.2) is 53.3 Å². The summed E-state index contributed by atoms with van der Waals surface area (Å²) >= 11 is 0. The molecule has 1 fully saturated rings. The summed E-state index contributed by atoms with van der Waals surface area (Å²) in [7, 11) is 0. The highest BCUT2D eigenvalue weighted by molar-refractivity contribution is 5.78. The van der Waals surface area contributed by atoms with Gasteiger partial charge >= 0.3 is 0 Å². The average molecular weight is 406 g/mol. The summed E-state index contributed by atoms with van der Waals surface area (Å²) in [6.07, 6.45) is 1.81. The minimum absolute atomic E-state index is 0.0559. The first-order valence-corrected chi connectivity index (χ1v) is 10.1. The van der Waals surface area contributed by atoms with Gasteiger partial charge in [0.15, 0.2) is 11.5 Å². The van der Waals surface area contributed by atoms with Crippen LogP contribution >= 0.6 is 0 Å². The molecule has 0 spiro atoms. The summed E-state index contributed by atoms with van der Waals surface area (Å²) in [5.74, 6) is 1.59. The Balaban J connectivity index is 1.18. The first kappa shape index (κ1) is 18.5. The predicted molar refractivity (Wildman–Crippen MR) is 112 cm³/mol. The number of carbonyl (C=O) groups excluding carboxylic acids is 1. The number of aryl methyl sites for hydroxylation is 1. The maximum absolute atomic E-state index is 12.7. The van der Waals surface area contributed by atoms with Crippen molar-refractivity contribution >= 4 is 22.5 Å². The van der Waals surface area contributed by atoms with Crippen LogP contribution in [0.3, 0.4) is 0 Å². The zero-order valence-electron chi connectivity index (χ0n) is 16.5. The third-order valence-electron chi connectivity index (χ3n) is 5.65. The van der Waals surface area contributed by atoms with Gasteiger partial charge < -0.3 is 19.3 Å². The van der Waals surface area contributed by atoms with Gasteiger partial charge in [0.2, 0.25) is 12.7 Å². The van der Waals surface area contributed by atoms with Gasteiger partial charge in [-0.05, 0) is 24.3 Å². The van der Waals surface area contributed by atoms with Gasteiger partial charge in [-0.3, -0.25) is 14.2 Å². The van der Waals surface area contributed by atoms with E-state index in [2.05, 4.69) is 9.88 Å². The highest BCUT2D eigenvalue weighted by Gasteiger charge is 2.23. The van der Waals surface area contributed by atoms with E-state index in [-0.39, 0.29) is 24.7 Å². The van der Waals surface area contributed by atoms with Gasteiger partial charge in [0, 0.05) is 50.9 Å². The summed E-state index contributed by atoms with van der Waals surface area (Å²) in [5.41, 5.74) is 1.63. The molecule has 1 amide bonds. The molecule has 8 heteroatoms. The fraction of sp³-hybridized carbons (Fsp3) is 0.318. The van der Waals surface area contributed by atoms with Crippen LogP contribution in [0.4, 0.5) is 5.69 Å². The molecule has 2 aromatic carbocycles. The molecular formula is C22H22N4O4. The zero-order valence-corrected chi connectivity index (χ0v) is 16.5. The van der Waals surface area contributed by atoms with Crippen LogP contribution in [0.25, 0.3) is 10.9 Å². The van der Waals surface area contributed by atoms with Crippen LogP contribution < -0.4 is 19.9 Å². The molecule has 1 saturated heterocycles. The molecule has 0 unspecified atom stereocenters. The summed E-state index contributed by atoms with van der Waals surface area (Å²) in [5, 5.41) is 0.574. The van der Waals surface area contributed by atoms with E-state index in [4.69, 9.17) is 9.47 Å². The number of benzene rings is 2. The van der Waals surface area contributed by atoms with E-state index < -0.39 is 0 Å². The molecule has 2 aliphatic heterocycles. The van der Waals surface area contributed by atoms with Gasteiger partial charge in [-0.15, -0.1) is 0 Å². The van der Waals surface area contributed by atoms with Gasteiger partial charge in [-0.2, -0.15) is 0 Å². The van der Waals surface area contributed by atoms with E-state index in [1.165, 1.54) is 10.9 Å². The second-order valence-electron chi connectivity index (χ2n) is 7.42. The average Bonchev–Trinajstić information content (AvgIpc) is 3.27. The van der Waals surface area contributed by atoms with Crippen molar-refractivity contribution in [1.29, 1.82) is 0 Å². The normalized spacial score (nSPS) is 15.6. The first-order chi connectivity index (χ1) is 14.7. The van der Waals surface area contributed by atoms with Crippen molar-refractivity contribution in [2.45, 2.75) is 13.0 Å². The second kappa shape index (κ2) is 7.70. The molecule has 0 bridgehead atoms. The highest BCUT2D eigenvalue weighted by Crippen LogP contribution is 2.35. The van der Waals surface area contributed by atoms with E-state index in [1.54, 1.807) is 6.07 Å². The number of hydrogen-bond donors (Lipinski definition) is 0. The van der Waals surface area contributed by atoms with E-state index >= 15 is 0 Å². The number of nitrogens with zero attached hydrogens (tertiary/aromatic N) is 4. The fourth-order valence-electron chi connectivity index (χ4n) is 3.94. The lowest BCUT2D eigenvalue weighted by molar-refractivity contribution is -0.131. The third-order valence-corrected chi connectivity index (χ3v) is 5.65.